The lowest BCUT2D eigenvalue weighted by atomic mass is 9.93. The van der Waals surface area contributed by atoms with Gasteiger partial charge in [0.25, 0.3) is 0 Å². The Morgan fingerprint density at radius 2 is 1.95 bits per heavy atom. The monoisotopic (exact) mass is 281 g/mol. The normalized spacial score (nSPS) is 12.5. The highest BCUT2D eigenvalue weighted by Crippen LogP contribution is 2.29. The van der Waals surface area contributed by atoms with Crippen molar-refractivity contribution in [3.8, 4) is 0 Å². The first-order chi connectivity index (χ1) is 10.2. The van der Waals surface area contributed by atoms with Crippen LogP contribution in [-0.4, -0.2) is 4.98 Å². The fourth-order valence-electron chi connectivity index (χ4n) is 2.65. The number of halogens is 1. The number of fused-ring (bicyclic) bond motifs is 1. The summed E-state index contributed by atoms with van der Waals surface area (Å²) in [4.78, 5) is 4.35. The van der Waals surface area contributed by atoms with Crippen LogP contribution in [0.5, 0.6) is 0 Å². The van der Waals surface area contributed by atoms with Gasteiger partial charge in [0, 0.05) is 11.6 Å². The standard InChI is InChI=1S/C17H16FN3/c1-11-7-8-12(18)10-15(11)17(21-19)14-4-2-6-16-13(14)5-3-9-20-16/h2-10,17,21H,19H2,1H3. The molecule has 1 aromatic heterocycles. The number of hydrazine groups is 1. The molecule has 3 N–H and O–H groups in total. The Bertz CT molecular complexity index is 781. The molecule has 0 saturated heterocycles. The Kier molecular flexibility index (Phi) is 3.64. The maximum Gasteiger partial charge on any atom is 0.123 e. The van der Waals surface area contributed by atoms with Crippen molar-refractivity contribution in [2.45, 2.75) is 13.0 Å². The van der Waals surface area contributed by atoms with Gasteiger partial charge >= 0.3 is 0 Å². The first-order valence-corrected chi connectivity index (χ1v) is 6.76. The van der Waals surface area contributed by atoms with Gasteiger partial charge in [-0.15, -0.1) is 0 Å². The van der Waals surface area contributed by atoms with Gasteiger partial charge in [0.2, 0.25) is 0 Å². The minimum absolute atomic E-state index is 0.269. The molecular formula is C17H16FN3. The summed E-state index contributed by atoms with van der Waals surface area (Å²) in [6, 6.07) is 14.2. The van der Waals surface area contributed by atoms with E-state index in [1.165, 1.54) is 12.1 Å². The van der Waals surface area contributed by atoms with Gasteiger partial charge in [0.1, 0.15) is 5.82 Å². The first kappa shape index (κ1) is 13.7. The molecular weight excluding hydrogens is 265 g/mol. The van der Waals surface area contributed by atoms with Crippen LogP contribution in [0.4, 0.5) is 4.39 Å². The molecule has 0 radical (unpaired) electrons. The molecule has 2 aromatic carbocycles. The van der Waals surface area contributed by atoms with Crippen molar-refractivity contribution in [1.82, 2.24) is 10.4 Å². The van der Waals surface area contributed by atoms with Gasteiger partial charge < -0.3 is 0 Å². The predicted octanol–water partition coefficient (Wildman–Crippen LogP) is 3.24. The van der Waals surface area contributed by atoms with Crippen molar-refractivity contribution in [3.63, 3.8) is 0 Å². The van der Waals surface area contributed by atoms with Crippen LogP contribution in [0, 0.1) is 12.7 Å². The summed E-state index contributed by atoms with van der Waals surface area (Å²) in [6.07, 6.45) is 1.75. The molecule has 0 bridgehead atoms. The SMILES string of the molecule is Cc1ccc(F)cc1C(NN)c1cccc2ncccc12. The predicted molar refractivity (Wildman–Crippen MR) is 82.0 cm³/mol. The van der Waals surface area contributed by atoms with E-state index >= 15 is 0 Å². The number of aromatic nitrogens is 1. The molecule has 3 aromatic rings. The molecule has 21 heavy (non-hydrogen) atoms. The van der Waals surface area contributed by atoms with Crippen LogP contribution in [0.15, 0.2) is 54.7 Å². The first-order valence-electron chi connectivity index (χ1n) is 6.76. The largest absolute Gasteiger partial charge is 0.271 e. The molecule has 0 aliphatic heterocycles. The number of rotatable bonds is 3. The van der Waals surface area contributed by atoms with Crippen LogP contribution in [0.25, 0.3) is 10.9 Å². The van der Waals surface area contributed by atoms with Crippen LogP contribution >= 0.6 is 0 Å². The summed E-state index contributed by atoms with van der Waals surface area (Å²) < 4.78 is 13.6. The van der Waals surface area contributed by atoms with Crippen molar-refractivity contribution in [2.75, 3.05) is 0 Å². The lowest BCUT2D eigenvalue weighted by Crippen LogP contribution is -2.29. The third-order valence-corrected chi connectivity index (χ3v) is 3.71. The Morgan fingerprint density at radius 3 is 2.76 bits per heavy atom. The Morgan fingerprint density at radius 1 is 1.10 bits per heavy atom. The molecule has 106 valence electrons. The third-order valence-electron chi connectivity index (χ3n) is 3.71. The molecule has 4 heteroatoms. The molecule has 0 saturated carbocycles. The molecule has 1 unspecified atom stereocenters. The molecule has 0 aliphatic carbocycles. The number of nitrogens with one attached hydrogen (secondary N) is 1. The number of nitrogens with two attached hydrogens (primary N) is 1. The van der Waals surface area contributed by atoms with Gasteiger partial charge in [0.05, 0.1) is 11.6 Å². The number of hydrogen-bond donors (Lipinski definition) is 2. The Balaban J connectivity index is 2.21. The molecule has 3 nitrogen and oxygen atoms in total. The van der Waals surface area contributed by atoms with Crippen molar-refractivity contribution in [1.29, 1.82) is 0 Å². The van der Waals surface area contributed by atoms with E-state index < -0.39 is 0 Å². The highest BCUT2D eigenvalue weighted by atomic mass is 19.1. The molecule has 3 rings (SSSR count). The second kappa shape index (κ2) is 5.60. The van der Waals surface area contributed by atoms with E-state index in [0.717, 1.165) is 27.6 Å². The average molecular weight is 281 g/mol. The van der Waals surface area contributed by atoms with E-state index in [4.69, 9.17) is 5.84 Å². The van der Waals surface area contributed by atoms with Crippen LogP contribution in [0.3, 0.4) is 0 Å². The maximum atomic E-state index is 13.6. The number of benzene rings is 2. The molecule has 0 spiro atoms. The van der Waals surface area contributed by atoms with Gasteiger partial charge in [-0.05, 0) is 47.9 Å². The van der Waals surface area contributed by atoms with Crippen molar-refractivity contribution in [3.05, 3.63) is 77.2 Å². The van der Waals surface area contributed by atoms with Crippen molar-refractivity contribution >= 4 is 10.9 Å². The van der Waals surface area contributed by atoms with Gasteiger partial charge in [0.15, 0.2) is 0 Å². The van der Waals surface area contributed by atoms with E-state index in [9.17, 15) is 4.39 Å². The van der Waals surface area contributed by atoms with Crippen LogP contribution in [0.1, 0.15) is 22.7 Å². The van der Waals surface area contributed by atoms with Crippen LogP contribution in [-0.2, 0) is 0 Å². The van der Waals surface area contributed by atoms with Gasteiger partial charge in [-0.1, -0.05) is 24.3 Å². The van der Waals surface area contributed by atoms with Gasteiger partial charge in [-0.2, -0.15) is 0 Å². The second-order valence-electron chi connectivity index (χ2n) is 5.02. The van der Waals surface area contributed by atoms with E-state index in [2.05, 4.69) is 10.4 Å². The lowest BCUT2D eigenvalue weighted by Gasteiger charge is -2.20. The van der Waals surface area contributed by atoms with Gasteiger partial charge in [-0.25, -0.2) is 9.82 Å². The fourth-order valence-corrected chi connectivity index (χ4v) is 2.65. The summed E-state index contributed by atoms with van der Waals surface area (Å²) >= 11 is 0. The van der Waals surface area contributed by atoms with E-state index in [-0.39, 0.29) is 11.9 Å². The maximum absolute atomic E-state index is 13.6. The summed E-state index contributed by atoms with van der Waals surface area (Å²) in [5, 5.41) is 1.01. The summed E-state index contributed by atoms with van der Waals surface area (Å²) in [5.74, 6) is 5.48. The van der Waals surface area contributed by atoms with E-state index in [0.29, 0.717) is 0 Å². The number of aryl methyl sites for hydroxylation is 1. The third kappa shape index (κ3) is 2.51. The highest BCUT2D eigenvalue weighted by Gasteiger charge is 2.17. The number of pyridine rings is 1. The van der Waals surface area contributed by atoms with E-state index in [1.807, 2.05) is 37.3 Å². The smallest absolute Gasteiger partial charge is 0.123 e. The minimum Gasteiger partial charge on any atom is -0.271 e. The van der Waals surface area contributed by atoms with Crippen LogP contribution in [0.2, 0.25) is 0 Å². The Labute approximate surface area is 122 Å². The molecule has 1 heterocycles. The average Bonchev–Trinajstić information content (AvgIpc) is 2.51. The quantitative estimate of drug-likeness (QED) is 0.572. The topological polar surface area (TPSA) is 50.9 Å². The fraction of sp³-hybridized carbons (Fsp3) is 0.118. The molecule has 0 amide bonds. The zero-order valence-corrected chi connectivity index (χ0v) is 11.7. The van der Waals surface area contributed by atoms with Gasteiger partial charge in [-0.3, -0.25) is 10.8 Å². The lowest BCUT2D eigenvalue weighted by molar-refractivity contribution is 0.604. The van der Waals surface area contributed by atoms with Crippen molar-refractivity contribution < 1.29 is 4.39 Å². The summed E-state index contributed by atoms with van der Waals surface area (Å²) in [5.41, 5.74) is 6.49. The number of hydrogen-bond acceptors (Lipinski definition) is 3. The Hall–Kier alpha value is -2.30. The summed E-state index contributed by atoms with van der Waals surface area (Å²) in [7, 11) is 0. The zero-order chi connectivity index (χ0) is 14.8. The molecule has 1 atom stereocenters. The number of nitrogens with zero attached hydrogens (tertiary/aromatic N) is 1. The van der Waals surface area contributed by atoms with Crippen LogP contribution < -0.4 is 11.3 Å². The zero-order valence-electron chi connectivity index (χ0n) is 11.7. The highest BCUT2D eigenvalue weighted by molar-refractivity contribution is 5.83. The van der Waals surface area contributed by atoms with Crippen molar-refractivity contribution in [2.24, 2.45) is 5.84 Å². The minimum atomic E-state index is -0.284. The van der Waals surface area contributed by atoms with E-state index in [1.54, 1.807) is 12.3 Å². The molecule has 0 fully saturated rings. The summed E-state index contributed by atoms with van der Waals surface area (Å²) in [6.45, 7) is 1.95. The second-order valence-corrected chi connectivity index (χ2v) is 5.02. The molecule has 0 aliphatic rings.